The van der Waals surface area contributed by atoms with Crippen LogP contribution in [0.25, 0.3) is 11.3 Å². The number of thiazole rings is 1. The molecule has 3 nitrogen and oxygen atoms in total. The molecule has 1 saturated carbocycles. The van der Waals surface area contributed by atoms with Gasteiger partial charge in [-0.15, -0.1) is 11.3 Å². The van der Waals surface area contributed by atoms with Gasteiger partial charge in [0.25, 0.3) is 0 Å². The fourth-order valence-electron chi connectivity index (χ4n) is 2.81. The Labute approximate surface area is 129 Å². The van der Waals surface area contributed by atoms with Crippen LogP contribution in [0.5, 0.6) is 5.75 Å². The summed E-state index contributed by atoms with van der Waals surface area (Å²) in [5, 5.41) is 4.69. The first-order valence-electron chi connectivity index (χ1n) is 7.63. The lowest BCUT2D eigenvalue weighted by Gasteiger charge is -2.31. The standard InChI is InChI=1S/C17H20N2OS/c1-17(2)16-15(12-5-3-4-6-13(12)20-17)19-14(21-16)10-18-9-11-7-8-11/h3-6,11,18H,7-10H2,1-2H3. The summed E-state index contributed by atoms with van der Waals surface area (Å²) < 4.78 is 6.16. The van der Waals surface area contributed by atoms with Gasteiger partial charge in [-0.25, -0.2) is 4.98 Å². The molecule has 1 aliphatic heterocycles. The lowest BCUT2D eigenvalue weighted by Crippen LogP contribution is -2.27. The molecule has 2 aromatic rings. The number of nitrogens with one attached hydrogen (secondary N) is 1. The Morgan fingerprint density at radius 3 is 2.95 bits per heavy atom. The molecule has 2 heterocycles. The second kappa shape index (κ2) is 4.82. The summed E-state index contributed by atoms with van der Waals surface area (Å²) in [7, 11) is 0. The summed E-state index contributed by atoms with van der Waals surface area (Å²) in [6.45, 7) is 6.25. The third-order valence-corrected chi connectivity index (χ3v) is 5.49. The van der Waals surface area contributed by atoms with Crippen LogP contribution in [0.4, 0.5) is 0 Å². The molecule has 0 spiro atoms. The molecule has 0 amide bonds. The monoisotopic (exact) mass is 300 g/mol. The highest BCUT2D eigenvalue weighted by molar-refractivity contribution is 7.12. The van der Waals surface area contributed by atoms with Crippen LogP contribution in [0.2, 0.25) is 0 Å². The highest BCUT2D eigenvalue weighted by Crippen LogP contribution is 2.47. The molecule has 0 unspecified atom stereocenters. The van der Waals surface area contributed by atoms with E-state index in [2.05, 4.69) is 31.3 Å². The molecule has 1 N–H and O–H groups in total. The van der Waals surface area contributed by atoms with Crippen LogP contribution in [0.3, 0.4) is 0 Å². The SMILES string of the molecule is CC1(C)Oc2ccccc2-c2nc(CNCC3CC3)sc21. The van der Waals surface area contributed by atoms with Crippen LogP contribution < -0.4 is 10.1 Å². The van der Waals surface area contributed by atoms with Crippen molar-refractivity contribution in [3.8, 4) is 17.0 Å². The van der Waals surface area contributed by atoms with Gasteiger partial charge in [-0.05, 0) is 51.3 Å². The van der Waals surface area contributed by atoms with Crippen LogP contribution in [0.15, 0.2) is 24.3 Å². The average Bonchev–Trinajstić information content (AvgIpc) is 3.15. The molecule has 1 fully saturated rings. The average molecular weight is 300 g/mol. The normalized spacial score (nSPS) is 18.8. The van der Waals surface area contributed by atoms with E-state index in [1.165, 1.54) is 17.7 Å². The third-order valence-electron chi connectivity index (χ3n) is 4.13. The first-order valence-corrected chi connectivity index (χ1v) is 8.44. The van der Waals surface area contributed by atoms with Crippen molar-refractivity contribution >= 4 is 11.3 Å². The Morgan fingerprint density at radius 2 is 2.14 bits per heavy atom. The lowest BCUT2D eigenvalue weighted by atomic mass is 9.97. The van der Waals surface area contributed by atoms with Crippen molar-refractivity contribution < 1.29 is 4.74 Å². The van der Waals surface area contributed by atoms with Gasteiger partial charge in [-0.1, -0.05) is 12.1 Å². The zero-order valence-electron chi connectivity index (χ0n) is 12.5. The second-order valence-corrected chi connectivity index (χ2v) is 7.55. The Hall–Kier alpha value is -1.39. The van der Waals surface area contributed by atoms with E-state index in [9.17, 15) is 0 Å². The van der Waals surface area contributed by atoms with Gasteiger partial charge in [0.15, 0.2) is 0 Å². The maximum absolute atomic E-state index is 6.16. The highest BCUT2D eigenvalue weighted by atomic mass is 32.1. The fraction of sp³-hybridized carbons (Fsp3) is 0.471. The molecule has 0 saturated heterocycles. The molecule has 2 aliphatic rings. The van der Waals surface area contributed by atoms with E-state index in [1.54, 1.807) is 11.3 Å². The Bertz CT molecular complexity index is 673. The van der Waals surface area contributed by atoms with Crippen molar-refractivity contribution in [3.05, 3.63) is 34.2 Å². The fourth-order valence-corrected chi connectivity index (χ4v) is 3.89. The first-order chi connectivity index (χ1) is 10.1. The number of hydrogen-bond acceptors (Lipinski definition) is 4. The van der Waals surface area contributed by atoms with Gasteiger partial charge < -0.3 is 10.1 Å². The van der Waals surface area contributed by atoms with Crippen LogP contribution in [0, 0.1) is 5.92 Å². The van der Waals surface area contributed by atoms with Crippen molar-refractivity contribution in [2.24, 2.45) is 5.92 Å². The van der Waals surface area contributed by atoms with Gasteiger partial charge >= 0.3 is 0 Å². The van der Waals surface area contributed by atoms with E-state index < -0.39 is 0 Å². The maximum Gasteiger partial charge on any atom is 0.140 e. The Kier molecular flexibility index (Phi) is 3.05. The number of rotatable bonds is 4. The number of para-hydroxylation sites is 1. The number of nitrogens with zero attached hydrogens (tertiary/aromatic N) is 1. The highest BCUT2D eigenvalue weighted by Gasteiger charge is 2.35. The van der Waals surface area contributed by atoms with Crippen LogP contribution in [0.1, 0.15) is 36.6 Å². The van der Waals surface area contributed by atoms with E-state index in [4.69, 9.17) is 9.72 Å². The molecule has 1 aliphatic carbocycles. The van der Waals surface area contributed by atoms with Crippen molar-refractivity contribution in [1.82, 2.24) is 10.3 Å². The maximum atomic E-state index is 6.16. The smallest absolute Gasteiger partial charge is 0.140 e. The van der Waals surface area contributed by atoms with E-state index in [1.807, 2.05) is 12.1 Å². The summed E-state index contributed by atoms with van der Waals surface area (Å²) in [6, 6.07) is 8.20. The predicted molar refractivity (Wildman–Crippen MR) is 85.6 cm³/mol. The number of ether oxygens (including phenoxy) is 1. The molecule has 110 valence electrons. The molecule has 1 aromatic carbocycles. The summed E-state index contributed by atoms with van der Waals surface area (Å²) >= 11 is 1.78. The number of fused-ring (bicyclic) bond motifs is 3. The van der Waals surface area contributed by atoms with Gasteiger partial charge in [-0.3, -0.25) is 0 Å². The summed E-state index contributed by atoms with van der Waals surface area (Å²) in [5.41, 5.74) is 1.93. The Balaban J connectivity index is 1.65. The van der Waals surface area contributed by atoms with Gasteiger partial charge in [0, 0.05) is 12.1 Å². The molecule has 0 atom stereocenters. The molecule has 4 heteroatoms. The molecular weight excluding hydrogens is 280 g/mol. The molecule has 4 rings (SSSR count). The predicted octanol–water partition coefficient (Wildman–Crippen LogP) is 3.94. The minimum Gasteiger partial charge on any atom is -0.482 e. The largest absolute Gasteiger partial charge is 0.482 e. The molecule has 21 heavy (non-hydrogen) atoms. The van der Waals surface area contributed by atoms with Gasteiger partial charge in [-0.2, -0.15) is 0 Å². The summed E-state index contributed by atoms with van der Waals surface area (Å²) in [6.07, 6.45) is 2.77. The van der Waals surface area contributed by atoms with Gasteiger partial charge in [0.05, 0.1) is 10.6 Å². The van der Waals surface area contributed by atoms with Gasteiger partial charge in [0.2, 0.25) is 0 Å². The van der Waals surface area contributed by atoms with Crippen LogP contribution in [-0.2, 0) is 12.1 Å². The summed E-state index contributed by atoms with van der Waals surface area (Å²) in [5.74, 6) is 1.85. The minimum atomic E-state index is -0.296. The lowest BCUT2D eigenvalue weighted by molar-refractivity contribution is 0.109. The van der Waals surface area contributed by atoms with E-state index in [0.29, 0.717) is 0 Å². The third kappa shape index (κ3) is 2.47. The number of aromatic nitrogens is 1. The van der Waals surface area contributed by atoms with Crippen molar-refractivity contribution in [2.75, 3.05) is 6.54 Å². The van der Waals surface area contributed by atoms with Crippen LogP contribution in [-0.4, -0.2) is 11.5 Å². The zero-order valence-corrected chi connectivity index (χ0v) is 13.3. The quantitative estimate of drug-likeness (QED) is 0.928. The van der Waals surface area contributed by atoms with Crippen molar-refractivity contribution in [2.45, 2.75) is 38.8 Å². The van der Waals surface area contributed by atoms with Gasteiger partial charge in [0.1, 0.15) is 16.4 Å². The van der Waals surface area contributed by atoms with Crippen molar-refractivity contribution in [1.29, 1.82) is 0 Å². The Morgan fingerprint density at radius 1 is 1.33 bits per heavy atom. The number of benzene rings is 1. The second-order valence-electron chi connectivity index (χ2n) is 6.47. The zero-order chi connectivity index (χ0) is 14.4. The molecule has 0 bridgehead atoms. The molecule has 1 aromatic heterocycles. The topological polar surface area (TPSA) is 34.1 Å². The van der Waals surface area contributed by atoms with E-state index >= 15 is 0 Å². The van der Waals surface area contributed by atoms with Crippen LogP contribution >= 0.6 is 11.3 Å². The minimum absolute atomic E-state index is 0.296. The molecule has 0 radical (unpaired) electrons. The first kappa shape index (κ1) is 13.3. The number of hydrogen-bond donors (Lipinski definition) is 1. The molecular formula is C17H20N2OS. The van der Waals surface area contributed by atoms with E-state index in [0.717, 1.165) is 41.0 Å². The summed E-state index contributed by atoms with van der Waals surface area (Å²) in [4.78, 5) is 6.12. The van der Waals surface area contributed by atoms with E-state index in [-0.39, 0.29) is 5.60 Å². The van der Waals surface area contributed by atoms with Crippen molar-refractivity contribution in [3.63, 3.8) is 0 Å².